The third-order valence-electron chi connectivity index (χ3n) is 3.42. The van der Waals surface area contributed by atoms with Crippen molar-refractivity contribution in [1.29, 1.82) is 0 Å². The van der Waals surface area contributed by atoms with Gasteiger partial charge in [0.15, 0.2) is 0 Å². The van der Waals surface area contributed by atoms with E-state index in [1.807, 2.05) is 0 Å². The monoisotopic (exact) mass is 304 g/mol. The van der Waals surface area contributed by atoms with E-state index in [1.54, 1.807) is 6.07 Å². The van der Waals surface area contributed by atoms with Crippen molar-refractivity contribution < 1.29 is 13.5 Å². The van der Waals surface area contributed by atoms with Crippen LogP contribution >= 0.6 is 11.6 Å². The Bertz CT molecular complexity index is 542. The minimum atomic E-state index is -3.75. The highest BCUT2D eigenvalue weighted by atomic mass is 35.5. The van der Waals surface area contributed by atoms with Crippen molar-refractivity contribution in [2.24, 2.45) is 5.92 Å². The summed E-state index contributed by atoms with van der Waals surface area (Å²) in [6.07, 6.45) is 2.02. The number of nitrogen functional groups attached to an aromatic ring is 1. The van der Waals surface area contributed by atoms with Gasteiger partial charge in [0, 0.05) is 6.54 Å². The first kappa shape index (κ1) is 14.6. The van der Waals surface area contributed by atoms with Crippen LogP contribution in [0.25, 0.3) is 0 Å². The molecule has 0 radical (unpaired) electrons. The molecule has 4 N–H and O–H groups in total. The maximum Gasteiger partial charge on any atom is 0.244 e. The number of sulfonamides is 1. The molecule has 0 spiro atoms. The summed E-state index contributed by atoms with van der Waals surface area (Å²) in [6, 6.07) is 4.57. The number of benzene rings is 1. The van der Waals surface area contributed by atoms with Gasteiger partial charge < -0.3 is 10.8 Å². The lowest BCUT2D eigenvalue weighted by molar-refractivity contribution is 0.134. The summed E-state index contributed by atoms with van der Waals surface area (Å²) >= 11 is 5.89. The molecule has 0 saturated heterocycles. The van der Waals surface area contributed by atoms with Gasteiger partial charge >= 0.3 is 0 Å². The van der Waals surface area contributed by atoms with E-state index in [0.29, 0.717) is 0 Å². The number of aliphatic hydroxyl groups is 1. The molecule has 0 amide bonds. The van der Waals surface area contributed by atoms with Crippen molar-refractivity contribution in [2.75, 3.05) is 12.3 Å². The Morgan fingerprint density at radius 3 is 2.74 bits per heavy atom. The molecular formula is C12H17ClN2O3S. The third kappa shape index (κ3) is 3.20. The number of hydrogen-bond acceptors (Lipinski definition) is 4. The molecule has 2 rings (SSSR count). The van der Waals surface area contributed by atoms with Crippen LogP contribution in [-0.2, 0) is 10.0 Å². The molecule has 1 aliphatic rings. The Labute approximate surface area is 117 Å². The van der Waals surface area contributed by atoms with Crippen LogP contribution in [0, 0.1) is 5.92 Å². The van der Waals surface area contributed by atoms with Crippen molar-refractivity contribution in [2.45, 2.75) is 30.3 Å². The normalized spacial score (nSPS) is 23.7. The van der Waals surface area contributed by atoms with Crippen LogP contribution in [0.2, 0.25) is 5.02 Å². The summed E-state index contributed by atoms with van der Waals surface area (Å²) in [5.41, 5.74) is 5.78. The highest BCUT2D eigenvalue weighted by molar-refractivity contribution is 7.89. The van der Waals surface area contributed by atoms with Gasteiger partial charge in [0.1, 0.15) is 4.90 Å². The SMILES string of the molecule is Nc1cccc(Cl)c1S(=O)(=O)NCC1CCCC1O. The van der Waals surface area contributed by atoms with Gasteiger partial charge in [-0.3, -0.25) is 0 Å². The molecule has 0 aliphatic heterocycles. The zero-order valence-electron chi connectivity index (χ0n) is 10.3. The summed E-state index contributed by atoms with van der Waals surface area (Å²) in [5, 5.41) is 9.78. The molecular weight excluding hydrogens is 288 g/mol. The first-order chi connectivity index (χ1) is 8.92. The fraction of sp³-hybridized carbons (Fsp3) is 0.500. The number of hydrogen-bond donors (Lipinski definition) is 3. The summed E-state index contributed by atoms with van der Waals surface area (Å²) in [4.78, 5) is -0.0934. The van der Waals surface area contributed by atoms with E-state index < -0.39 is 16.1 Å². The molecule has 1 aromatic carbocycles. The van der Waals surface area contributed by atoms with Crippen LogP contribution in [0.15, 0.2) is 23.1 Å². The zero-order valence-corrected chi connectivity index (χ0v) is 11.9. The first-order valence-corrected chi connectivity index (χ1v) is 7.99. The van der Waals surface area contributed by atoms with Crippen LogP contribution in [0.1, 0.15) is 19.3 Å². The van der Waals surface area contributed by atoms with Gasteiger partial charge in [0.05, 0.1) is 16.8 Å². The zero-order chi connectivity index (χ0) is 14.0. The minimum absolute atomic E-state index is 0.0431. The van der Waals surface area contributed by atoms with E-state index in [4.69, 9.17) is 17.3 Å². The smallest absolute Gasteiger partial charge is 0.244 e. The van der Waals surface area contributed by atoms with E-state index in [1.165, 1.54) is 12.1 Å². The second-order valence-electron chi connectivity index (χ2n) is 4.77. The van der Waals surface area contributed by atoms with Crippen molar-refractivity contribution >= 4 is 27.3 Å². The minimum Gasteiger partial charge on any atom is -0.398 e. The number of nitrogens with one attached hydrogen (secondary N) is 1. The molecule has 0 heterocycles. The van der Waals surface area contributed by atoms with Crippen LogP contribution in [-0.4, -0.2) is 26.2 Å². The van der Waals surface area contributed by atoms with E-state index in [-0.39, 0.29) is 28.1 Å². The van der Waals surface area contributed by atoms with E-state index in [9.17, 15) is 13.5 Å². The van der Waals surface area contributed by atoms with Gasteiger partial charge in [0.25, 0.3) is 0 Å². The fourth-order valence-electron chi connectivity index (χ4n) is 2.35. The van der Waals surface area contributed by atoms with Gasteiger partial charge in [-0.05, 0) is 30.9 Å². The molecule has 0 aromatic heterocycles. The largest absolute Gasteiger partial charge is 0.398 e. The molecule has 0 bridgehead atoms. The van der Waals surface area contributed by atoms with E-state index in [0.717, 1.165) is 19.3 Å². The predicted octanol–water partition coefficient (Wildman–Crippen LogP) is 1.36. The van der Waals surface area contributed by atoms with E-state index >= 15 is 0 Å². The highest BCUT2D eigenvalue weighted by Gasteiger charge is 2.28. The maximum absolute atomic E-state index is 12.2. The van der Waals surface area contributed by atoms with Crippen LogP contribution in [0.5, 0.6) is 0 Å². The second kappa shape index (κ2) is 5.66. The van der Waals surface area contributed by atoms with E-state index in [2.05, 4.69) is 4.72 Å². The number of nitrogens with two attached hydrogens (primary N) is 1. The number of halogens is 1. The average Bonchev–Trinajstić information content (AvgIpc) is 2.72. The predicted molar refractivity (Wildman–Crippen MR) is 74.4 cm³/mol. The number of rotatable bonds is 4. The Kier molecular flexibility index (Phi) is 4.35. The lowest BCUT2D eigenvalue weighted by Crippen LogP contribution is -2.33. The van der Waals surface area contributed by atoms with Crippen LogP contribution < -0.4 is 10.5 Å². The first-order valence-electron chi connectivity index (χ1n) is 6.13. The van der Waals surface area contributed by atoms with Gasteiger partial charge in [0.2, 0.25) is 10.0 Å². The molecule has 1 saturated carbocycles. The van der Waals surface area contributed by atoms with Crippen LogP contribution in [0.3, 0.4) is 0 Å². The van der Waals surface area contributed by atoms with Gasteiger partial charge in [-0.15, -0.1) is 0 Å². The average molecular weight is 305 g/mol. The molecule has 19 heavy (non-hydrogen) atoms. The summed E-state index contributed by atoms with van der Waals surface area (Å²) in [6.45, 7) is 0.203. The lowest BCUT2D eigenvalue weighted by atomic mass is 10.1. The molecule has 2 unspecified atom stereocenters. The quantitative estimate of drug-likeness (QED) is 0.732. The fourth-order valence-corrected chi connectivity index (χ4v) is 4.12. The topological polar surface area (TPSA) is 92.4 Å². The maximum atomic E-state index is 12.2. The highest BCUT2D eigenvalue weighted by Crippen LogP contribution is 2.28. The van der Waals surface area contributed by atoms with Crippen LogP contribution in [0.4, 0.5) is 5.69 Å². The molecule has 1 fully saturated rings. The molecule has 106 valence electrons. The van der Waals surface area contributed by atoms with Gasteiger partial charge in [-0.25, -0.2) is 13.1 Å². The molecule has 2 atom stereocenters. The number of aliphatic hydroxyl groups excluding tert-OH is 1. The van der Waals surface area contributed by atoms with Gasteiger partial charge in [-0.2, -0.15) is 0 Å². The van der Waals surface area contributed by atoms with Crippen molar-refractivity contribution in [3.63, 3.8) is 0 Å². The third-order valence-corrected chi connectivity index (χ3v) is 5.39. The molecule has 7 heteroatoms. The summed E-state index contributed by atoms with van der Waals surface area (Å²) in [5.74, 6) is -0.0431. The summed E-state index contributed by atoms with van der Waals surface area (Å²) in [7, 11) is -3.75. The van der Waals surface area contributed by atoms with Crippen molar-refractivity contribution in [3.8, 4) is 0 Å². The van der Waals surface area contributed by atoms with Gasteiger partial charge in [-0.1, -0.05) is 24.1 Å². The van der Waals surface area contributed by atoms with Crippen molar-refractivity contribution in [1.82, 2.24) is 4.72 Å². The Morgan fingerprint density at radius 2 is 2.16 bits per heavy atom. The standard InChI is InChI=1S/C12H17ClN2O3S/c13-9-4-2-5-10(14)12(9)19(17,18)15-7-8-3-1-6-11(8)16/h2,4-5,8,11,15-16H,1,3,6-7,14H2. The summed E-state index contributed by atoms with van der Waals surface area (Å²) < 4.78 is 26.8. The Hall–Kier alpha value is -0.820. The molecule has 5 nitrogen and oxygen atoms in total. The lowest BCUT2D eigenvalue weighted by Gasteiger charge is -2.16. The Morgan fingerprint density at radius 1 is 1.42 bits per heavy atom. The second-order valence-corrected chi connectivity index (χ2v) is 6.88. The number of anilines is 1. The van der Waals surface area contributed by atoms with Crippen molar-refractivity contribution in [3.05, 3.63) is 23.2 Å². The molecule has 1 aliphatic carbocycles. The molecule has 1 aromatic rings. The Balaban J connectivity index is 2.14.